The number of benzene rings is 1. The summed E-state index contributed by atoms with van der Waals surface area (Å²) < 4.78 is 0.997. The van der Waals surface area contributed by atoms with Crippen molar-refractivity contribution in [1.82, 2.24) is 4.98 Å². The summed E-state index contributed by atoms with van der Waals surface area (Å²) in [5, 5.41) is 1.51. The number of fused-ring (bicyclic) bond motifs is 2. The molecule has 3 heteroatoms. The van der Waals surface area contributed by atoms with Gasteiger partial charge in [0.05, 0.1) is 5.39 Å². The van der Waals surface area contributed by atoms with E-state index in [0.29, 0.717) is 0 Å². The van der Waals surface area contributed by atoms with Crippen LogP contribution in [-0.2, 0) is 0 Å². The van der Waals surface area contributed by atoms with Gasteiger partial charge in [0.1, 0.15) is 4.83 Å². The lowest BCUT2D eigenvalue weighted by Gasteiger charge is -2.00. The smallest absolute Gasteiger partial charge is 0.197 e. The molecule has 0 spiro atoms. The maximum atomic E-state index is 12.2. The SMILES string of the molecule is Cc1cnc2sc3ccccc3c(=O)c2c1. The standard InChI is InChI=1S/C13H9NOS/c1-8-6-10-12(15)9-4-2-3-5-11(9)16-13(10)14-7-8/h2-7H,1H3. The van der Waals surface area contributed by atoms with E-state index in [1.165, 1.54) is 0 Å². The van der Waals surface area contributed by atoms with Gasteiger partial charge in [0.2, 0.25) is 0 Å². The van der Waals surface area contributed by atoms with Gasteiger partial charge in [-0.05, 0) is 30.7 Å². The monoisotopic (exact) mass is 227 g/mol. The fraction of sp³-hybridized carbons (Fsp3) is 0.0769. The molecule has 1 aromatic carbocycles. The summed E-state index contributed by atoms with van der Waals surface area (Å²) in [6, 6.07) is 9.58. The maximum absolute atomic E-state index is 12.2. The van der Waals surface area contributed by atoms with Gasteiger partial charge in [-0.25, -0.2) is 4.98 Å². The van der Waals surface area contributed by atoms with Crippen molar-refractivity contribution in [3.8, 4) is 0 Å². The average Bonchev–Trinajstić information content (AvgIpc) is 2.31. The molecule has 0 N–H and O–H groups in total. The Kier molecular flexibility index (Phi) is 2.01. The molecule has 0 bridgehead atoms. The Morgan fingerprint density at radius 3 is 2.88 bits per heavy atom. The predicted octanol–water partition coefficient (Wildman–Crippen LogP) is 3.12. The molecule has 0 amide bonds. The molecule has 2 aromatic heterocycles. The number of rotatable bonds is 0. The van der Waals surface area contributed by atoms with E-state index in [9.17, 15) is 4.79 Å². The first-order valence-corrected chi connectivity index (χ1v) is 5.85. The largest absolute Gasteiger partial charge is 0.288 e. The molecule has 2 nitrogen and oxygen atoms in total. The van der Waals surface area contributed by atoms with Gasteiger partial charge in [-0.15, -0.1) is 11.3 Å². The summed E-state index contributed by atoms with van der Waals surface area (Å²) in [6.45, 7) is 1.95. The normalized spacial score (nSPS) is 11.1. The molecule has 16 heavy (non-hydrogen) atoms. The Morgan fingerprint density at radius 2 is 2.00 bits per heavy atom. The van der Waals surface area contributed by atoms with Gasteiger partial charge < -0.3 is 0 Å². The molecule has 2 heterocycles. The minimum absolute atomic E-state index is 0.0838. The van der Waals surface area contributed by atoms with E-state index in [2.05, 4.69) is 4.98 Å². The number of aromatic nitrogens is 1. The number of aryl methyl sites for hydroxylation is 1. The summed E-state index contributed by atoms with van der Waals surface area (Å²) in [6.07, 6.45) is 1.80. The van der Waals surface area contributed by atoms with Crippen LogP contribution in [0.25, 0.3) is 20.3 Å². The molecule has 0 aliphatic heterocycles. The van der Waals surface area contributed by atoms with Crippen LogP contribution >= 0.6 is 11.3 Å². The van der Waals surface area contributed by atoms with Crippen LogP contribution in [0.15, 0.2) is 41.3 Å². The second-order valence-electron chi connectivity index (χ2n) is 3.79. The highest BCUT2D eigenvalue weighted by molar-refractivity contribution is 7.24. The zero-order valence-corrected chi connectivity index (χ0v) is 9.54. The topological polar surface area (TPSA) is 30.0 Å². The fourth-order valence-corrected chi connectivity index (χ4v) is 2.79. The van der Waals surface area contributed by atoms with E-state index in [1.807, 2.05) is 37.3 Å². The molecule has 3 aromatic rings. The molecule has 0 fully saturated rings. The van der Waals surface area contributed by atoms with Crippen LogP contribution < -0.4 is 5.43 Å². The number of pyridine rings is 1. The second-order valence-corrected chi connectivity index (χ2v) is 4.82. The lowest BCUT2D eigenvalue weighted by Crippen LogP contribution is -2.01. The summed E-state index contributed by atoms with van der Waals surface area (Å²) in [5.41, 5.74) is 1.10. The minimum Gasteiger partial charge on any atom is -0.288 e. The molecule has 0 saturated carbocycles. The highest BCUT2D eigenvalue weighted by atomic mass is 32.1. The Morgan fingerprint density at radius 1 is 1.19 bits per heavy atom. The third kappa shape index (κ3) is 1.32. The lowest BCUT2D eigenvalue weighted by atomic mass is 10.2. The summed E-state index contributed by atoms with van der Waals surface area (Å²) in [4.78, 5) is 17.3. The Labute approximate surface area is 96.2 Å². The van der Waals surface area contributed by atoms with Crippen molar-refractivity contribution in [2.45, 2.75) is 6.92 Å². The summed E-state index contributed by atoms with van der Waals surface area (Å²) >= 11 is 1.56. The van der Waals surface area contributed by atoms with E-state index in [1.54, 1.807) is 17.5 Å². The zero-order valence-electron chi connectivity index (χ0n) is 8.73. The maximum Gasteiger partial charge on any atom is 0.197 e. The van der Waals surface area contributed by atoms with Gasteiger partial charge in [0.15, 0.2) is 5.43 Å². The Hall–Kier alpha value is -1.74. The third-order valence-corrected chi connectivity index (χ3v) is 3.67. The Balaban J connectivity index is 2.61. The molecule has 0 saturated heterocycles. The van der Waals surface area contributed by atoms with Crippen LogP contribution in [0.5, 0.6) is 0 Å². The molecule has 3 rings (SSSR count). The minimum atomic E-state index is 0.0838. The highest BCUT2D eigenvalue weighted by Crippen LogP contribution is 2.22. The van der Waals surface area contributed by atoms with Crippen molar-refractivity contribution in [3.63, 3.8) is 0 Å². The van der Waals surface area contributed by atoms with Gasteiger partial charge >= 0.3 is 0 Å². The van der Waals surface area contributed by atoms with Crippen molar-refractivity contribution < 1.29 is 0 Å². The average molecular weight is 227 g/mol. The van der Waals surface area contributed by atoms with E-state index in [4.69, 9.17) is 0 Å². The molecule has 0 unspecified atom stereocenters. The van der Waals surface area contributed by atoms with Crippen molar-refractivity contribution in [1.29, 1.82) is 0 Å². The molecule has 0 atom stereocenters. The first kappa shape index (κ1) is 9.48. The van der Waals surface area contributed by atoms with Gasteiger partial charge in [-0.3, -0.25) is 4.79 Å². The van der Waals surface area contributed by atoms with Gasteiger partial charge in [-0.2, -0.15) is 0 Å². The molecular formula is C13H9NOS. The van der Waals surface area contributed by atoms with Crippen LogP contribution in [0, 0.1) is 6.92 Å². The Bertz CT molecular complexity index is 746. The van der Waals surface area contributed by atoms with Crippen LogP contribution in [0.3, 0.4) is 0 Å². The third-order valence-electron chi connectivity index (χ3n) is 2.57. The first-order chi connectivity index (χ1) is 7.75. The molecule has 0 aliphatic rings. The van der Waals surface area contributed by atoms with Crippen molar-refractivity contribution in [2.24, 2.45) is 0 Å². The fourth-order valence-electron chi connectivity index (χ4n) is 1.79. The molecular weight excluding hydrogens is 218 g/mol. The van der Waals surface area contributed by atoms with Crippen molar-refractivity contribution in [2.75, 3.05) is 0 Å². The van der Waals surface area contributed by atoms with E-state index in [-0.39, 0.29) is 5.43 Å². The van der Waals surface area contributed by atoms with Crippen LogP contribution in [0.1, 0.15) is 5.56 Å². The summed E-state index contributed by atoms with van der Waals surface area (Å²) in [7, 11) is 0. The van der Waals surface area contributed by atoms with Crippen LogP contribution in [0.2, 0.25) is 0 Å². The quantitative estimate of drug-likeness (QED) is 0.552. The van der Waals surface area contributed by atoms with Crippen LogP contribution in [0.4, 0.5) is 0 Å². The van der Waals surface area contributed by atoms with Crippen molar-refractivity contribution >= 4 is 31.6 Å². The highest BCUT2D eigenvalue weighted by Gasteiger charge is 2.05. The number of nitrogens with zero attached hydrogens (tertiary/aromatic N) is 1. The number of hydrogen-bond acceptors (Lipinski definition) is 3. The van der Waals surface area contributed by atoms with Gasteiger partial charge in [0, 0.05) is 16.3 Å². The zero-order chi connectivity index (χ0) is 11.1. The lowest BCUT2D eigenvalue weighted by molar-refractivity contribution is 1.35. The molecule has 0 aliphatic carbocycles. The van der Waals surface area contributed by atoms with Crippen molar-refractivity contribution in [3.05, 3.63) is 52.3 Å². The number of hydrogen-bond donors (Lipinski definition) is 0. The second kappa shape index (κ2) is 3.39. The molecule has 0 radical (unpaired) electrons. The van der Waals surface area contributed by atoms with E-state index >= 15 is 0 Å². The predicted molar refractivity (Wildman–Crippen MR) is 68.1 cm³/mol. The van der Waals surface area contributed by atoms with Gasteiger partial charge in [0.25, 0.3) is 0 Å². The molecule has 78 valence electrons. The van der Waals surface area contributed by atoms with E-state index in [0.717, 1.165) is 25.9 Å². The van der Waals surface area contributed by atoms with Gasteiger partial charge in [-0.1, -0.05) is 12.1 Å². The van der Waals surface area contributed by atoms with E-state index < -0.39 is 0 Å². The summed E-state index contributed by atoms with van der Waals surface area (Å²) in [5.74, 6) is 0. The van der Waals surface area contributed by atoms with Crippen LogP contribution in [-0.4, -0.2) is 4.98 Å². The first-order valence-electron chi connectivity index (χ1n) is 5.04.